The maximum absolute atomic E-state index is 13.6. The summed E-state index contributed by atoms with van der Waals surface area (Å²) in [6, 6.07) is 11.6. The monoisotopic (exact) mass is 415 g/mol. The van der Waals surface area contributed by atoms with Gasteiger partial charge in [-0.1, -0.05) is 25.2 Å². The Hall–Kier alpha value is -2.51. The van der Waals surface area contributed by atoms with E-state index in [-0.39, 0.29) is 11.7 Å². The number of nitrogens with zero attached hydrogens (tertiary/aromatic N) is 3. The number of halogens is 1. The summed E-state index contributed by atoms with van der Waals surface area (Å²) in [6.45, 7) is 9.76. The molecule has 7 heteroatoms. The molecule has 5 nitrogen and oxygen atoms in total. The molecule has 2 aromatic carbocycles. The van der Waals surface area contributed by atoms with Crippen LogP contribution in [0.25, 0.3) is 10.2 Å². The van der Waals surface area contributed by atoms with Gasteiger partial charge in [-0.15, -0.1) is 0 Å². The van der Waals surface area contributed by atoms with E-state index in [1.807, 2.05) is 6.92 Å². The van der Waals surface area contributed by atoms with Crippen LogP contribution in [-0.2, 0) is 0 Å². The Balaban J connectivity index is 1.91. The number of amides is 1. The molecule has 0 saturated carbocycles. The van der Waals surface area contributed by atoms with Crippen LogP contribution in [-0.4, -0.2) is 48.6 Å². The Morgan fingerprint density at radius 2 is 1.79 bits per heavy atom. The molecule has 0 atom stereocenters. The second kappa shape index (κ2) is 9.80. The van der Waals surface area contributed by atoms with Gasteiger partial charge >= 0.3 is 0 Å². The fourth-order valence-electron chi connectivity index (χ4n) is 3.08. The van der Waals surface area contributed by atoms with Crippen LogP contribution in [0.5, 0.6) is 5.75 Å². The quantitative estimate of drug-likeness (QED) is 0.503. The van der Waals surface area contributed by atoms with E-state index >= 15 is 0 Å². The first kappa shape index (κ1) is 21.2. The molecule has 1 aromatic heterocycles. The third-order valence-electron chi connectivity index (χ3n) is 4.76. The average molecular weight is 416 g/mol. The lowest BCUT2D eigenvalue weighted by Crippen LogP contribution is -2.38. The number of aromatic nitrogens is 1. The van der Waals surface area contributed by atoms with Gasteiger partial charge in [-0.05, 0) is 62.5 Å². The number of hydrogen-bond donors (Lipinski definition) is 0. The lowest BCUT2D eigenvalue weighted by atomic mass is 10.2. The Morgan fingerprint density at radius 3 is 2.45 bits per heavy atom. The van der Waals surface area contributed by atoms with Gasteiger partial charge in [0.05, 0.1) is 16.8 Å². The second-order valence-corrected chi connectivity index (χ2v) is 7.56. The number of likely N-dealkylation sites (N-methyl/N-ethyl adjacent to an activating group) is 1. The Kier molecular flexibility index (Phi) is 7.17. The Labute approximate surface area is 174 Å². The Bertz CT molecular complexity index is 954. The lowest BCUT2D eigenvalue weighted by Gasteiger charge is -2.24. The zero-order valence-electron chi connectivity index (χ0n) is 17.0. The fraction of sp³-hybridized carbons (Fsp3) is 0.364. The number of rotatable bonds is 9. The van der Waals surface area contributed by atoms with E-state index in [1.54, 1.807) is 35.2 Å². The fourth-order valence-corrected chi connectivity index (χ4v) is 4.10. The minimum atomic E-state index is -0.305. The van der Waals surface area contributed by atoms with Crippen molar-refractivity contribution in [2.45, 2.75) is 20.8 Å². The third kappa shape index (κ3) is 5.10. The SMILES string of the molecule is CCOc1ccc(C(=O)N(CCN(CC)CC)c2nc3ccc(F)cc3s2)cc1. The molecule has 0 radical (unpaired) electrons. The number of fused-ring (bicyclic) bond motifs is 1. The van der Waals surface area contributed by atoms with Crippen molar-refractivity contribution < 1.29 is 13.9 Å². The van der Waals surface area contributed by atoms with Crippen LogP contribution in [0.2, 0.25) is 0 Å². The number of hydrogen-bond acceptors (Lipinski definition) is 5. The van der Waals surface area contributed by atoms with Crippen molar-refractivity contribution in [2.24, 2.45) is 0 Å². The largest absolute Gasteiger partial charge is 0.494 e. The molecular formula is C22H26FN3O2S. The molecule has 3 rings (SSSR count). The molecule has 154 valence electrons. The van der Waals surface area contributed by atoms with Crippen molar-refractivity contribution in [2.75, 3.05) is 37.7 Å². The molecule has 3 aromatic rings. The van der Waals surface area contributed by atoms with Crippen LogP contribution >= 0.6 is 11.3 Å². The lowest BCUT2D eigenvalue weighted by molar-refractivity contribution is 0.0983. The van der Waals surface area contributed by atoms with Crippen LogP contribution < -0.4 is 9.64 Å². The van der Waals surface area contributed by atoms with Crippen molar-refractivity contribution in [3.05, 3.63) is 53.8 Å². The summed E-state index contributed by atoms with van der Waals surface area (Å²) in [5, 5.41) is 0.580. The highest BCUT2D eigenvalue weighted by molar-refractivity contribution is 7.22. The number of benzene rings is 2. The van der Waals surface area contributed by atoms with Crippen molar-refractivity contribution in [1.29, 1.82) is 0 Å². The number of thiazole rings is 1. The first-order chi connectivity index (χ1) is 14.0. The normalized spacial score (nSPS) is 11.2. The molecule has 0 aliphatic heterocycles. The van der Waals surface area contributed by atoms with E-state index in [0.29, 0.717) is 29.4 Å². The van der Waals surface area contributed by atoms with Crippen LogP contribution in [0.15, 0.2) is 42.5 Å². The van der Waals surface area contributed by atoms with E-state index in [9.17, 15) is 9.18 Å². The van der Waals surface area contributed by atoms with E-state index in [1.165, 1.54) is 23.5 Å². The minimum absolute atomic E-state index is 0.125. The number of anilines is 1. The van der Waals surface area contributed by atoms with Gasteiger partial charge < -0.3 is 9.64 Å². The summed E-state index contributed by atoms with van der Waals surface area (Å²) >= 11 is 1.33. The Morgan fingerprint density at radius 1 is 1.07 bits per heavy atom. The summed E-state index contributed by atoms with van der Waals surface area (Å²) in [6.07, 6.45) is 0. The number of carbonyl (C=O) groups is 1. The molecule has 0 saturated heterocycles. The molecule has 0 bridgehead atoms. The van der Waals surface area contributed by atoms with Gasteiger partial charge in [0.1, 0.15) is 11.6 Å². The second-order valence-electron chi connectivity index (χ2n) is 6.55. The van der Waals surface area contributed by atoms with Crippen LogP contribution in [0.4, 0.5) is 9.52 Å². The molecule has 0 aliphatic rings. The summed E-state index contributed by atoms with van der Waals surface area (Å²) < 4.78 is 19.8. The predicted molar refractivity (Wildman–Crippen MR) is 117 cm³/mol. The summed E-state index contributed by atoms with van der Waals surface area (Å²) in [5.74, 6) is 0.300. The zero-order chi connectivity index (χ0) is 20.8. The predicted octanol–water partition coefficient (Wildman–Crippen LogP) is 4.82. The van der Waals surface area contributed by atoms with E-state index in [0.717, 1.165) is 30.1 Å². The molecule has 1 amide bonds. The van der Waals surface area contributed by atoms with E-state index in [4.69, 9.17) is 4.74 Å². The highest BCUT2D eigenvalue weighted by atomic mass is 32.1. The molecule has 0 unspecified atom stereocenters. The van der Waals surface area contributed by atoms with Crippen molar-refractivity contribution >= 4 is 32.6 Å². The minimum Gasteiger partial charge on any atom is -0.494 e. The highest BCUT2D eigenvalue weighted by Crippen LogP contribution is 2.30. The maximum atomic E-state index is 13.6. The van der Waals surface area contributed by atoms with Crippen molar-refractivity contribution in [3.63, 3.8) is 0 Å². The van der Waals surface area contributed by atoms with E-state index in [2.05, 4.69) is 23.7 Å². The third-order valence-corrected chi connectivity index (χ3v) is 5.80. The smallest absolute Gasteiger partial charge is 0.260 e. The molecule has 29 heavy (non-hydrogen) atoms. The van der Waals surface area contributed by atoms with Crippen LogP contribution in [0.3, 0.4) is 0 Å². The molecular weight excluding hydrogens is 389 g/mol. The standard InChI is InChI=1S/C22H26FN3O2S/c1-4-25(5-2)13-14-26(21(27)16-7-10-18(11-8-16)28-6-3)22-24-19-12-9-17(23)15-20(19)29-22/h7-12,15H,4-6,13-14H2,1-3H3. The van der Waals surface area contributed by atoms with Crippen LogP contribution in [0.1, 0.15) is 31.1 Å². The zero-order valence-corrected chi connectivity index (χ0v) is 17.8. The number of ether oxygens (including phenoxy) is 1. The van der Waals surface area contributed by atoms with Gasteiger partial charge in [0.2, 0.25) is 0 Å². The van der Waals surface area contributed by atoms with Gasteiger partial charge in [0.15, 0.2) is 5.13 Å². The molecule has 0 spiro atoms. The first-order valence-corrected chi connectivity index (χ1v) is 10.7. The topological polar surface area (TPSA) is 45.7 Å². The van der Waals surface area contributed by atoms with Gasteiger partial charge in [-0.2, -0.15) is 0 Å². The van der Waals surface area contributed by atoms with Crippen molar-refractivity contribution in [1.82, 2.24) is 9.88 Å². The molecule has 0 aliphatic carbocycles. The first-order valence-electron chi connectivity index (χ1n) is 9.88. The molecule has 0 fully saturated rings. The summed E-state index contributed by atoms with van der Waals surface area (Å²) in [4.78, 5) is 21.8. The van der Waals surface area contributed by atoms with Gasteiger partial charge in [-0.3, -0.25) is 9.69 Å². The average Bonchev–Trinajstić information content (AvgIpc) is 3.14. The molecule has 0 N–H and O–H groups in total. The maximum Gasteiger partial charge on any atom is 0.260 e. The summed E-state index contributed by atoms with van der Waals surface area (Å²) in [7, 11) is 0. The van der Waals surface area contributed by atoms with Gasteiger partial charge in [0, 0.05) is 18.7 Å². The van der Waals surface area contributed by atoms with E-state index < -0.39 is 0 Å². The molecule has 1 heterocycles. The van der Waals surface area contributed by atoms with Crippen molar-refractivity contribution in [3.8, 4) is 5.75 Å². The number of carbonyl (C=O) groups excluding carboxylic acids is 1. The highest BCUT2D eigenvalue weighted by Gasteiger charge is 2.22. The van der Waals surface area contributed by atoms with Crippen LogP contribution in [0, 0.1) is 5.82 Å². The summed E-state index contributed by atoms with van der Waals surface area (Å²) in [5.41, 5.74) is 1.26. The van der Waals surface area contributed by atoms with Gasteiger partial charge in [0.25, 0.3) is 5.91 Å². The van der Waals surface area contributed by atoms with Gasteiger partial charge in [-0.25, -0.2) is 9.37 Å².